The average Bonchev–Trinajstić information content (AvgIpc) is 2.77. The fourth-order valence-corrected chi connectivity index (χ4v) is 3.88. The van der Waals surface area contributed by atoms with Crippen LogP contribution in [-0.2, 0) is 16.0 Å². The normalized spacial score (nSPS) is 11.9. The van der Waals surface area contributed by atoms with Crippen molar-refractivity contribution in [2.24, 2.45) is 0 Å². The molecule has 1 N–H and O–H groups in total. The molecule has 0 spiro atoms. The van der Waals surface area contributed by atoms with E-state index < -0.39 is 12.0 Å². The van der Waals surface area contributed by atoms with E-state index in [-0.39, 0.29) is 5.91 Å². The number of hydrogen-bond donors (Lipinski definition) is 1. The Kier molecular flexibility index (Phi) is 5.48. The Morgan fingerprint density at radius 2 is 1.43 bits per heavy atom. The topological polar surface area (TPSA) is 55.4 Å². The van der Waals surface area contributed by atoms with Gasteiger partial charge in [0.2, 0.25) is 0 Å². The van der Waals surface area contributed by atoms with E-state index in [1.54, 1.807) is 0 Å². The van der Waals surface area contributed by atoms with Gasteiger partial charge in [0.05, 0.1) is 12.7 Å². The first kappa shape index (κ1) is 19.6. The van der Waals surface area contributed by atoms with Crippen molar-refractivity contribution in [3.8, 4) is 0 Å². The maximum absolute atomic E-state index is 13.5. The van der Waals surface area contributed by atoms with Crippen LogP contribution in [0.3, 0.4) is 0 Å². The lowest BCUT2D eigenvalue weighted by Crippen LogP contribution is -2.43. The van der Waals surface area contributed by atoms with Crippen molar-refractivity contribution in [3.63, 3.8) is 0 Å². The Morgan fingerprint density at radius 3 is 2.03 bits per heavy atom. The van der Waals surface area contributed by atoms with Gasteiger partial charge in [0.15, 0.2) is 0 Å². The predicted molar refractivity (Wildman–Crippen MR) is 120 cm³/mol. The number of aryl methyl sites for hydroxylation is 1. The Hall–Kier alpha value is -3.66. The van der Waals surface area contributed by atoms with E-state index in [0.717, 1.165) is 32.7 Å². The van der Waals surface area contributed by atoms with E-state index in [1.165, 1.54) is 7.11 Å². The summed E-state index contributed by atoms with van der Waals surface area (Å²) in [5.74, 6) is -0.747. The smallest absolute Gasteiger partial charge is 0.328 e. The molecule has 0 saturated heterocycles. The van der Waals surface area contributed by atoms with Crippen molar-refractivity contribution < 1.29 is 14.3 Å². The first-order valence-electron chi connectivity index (χ1n) is 9.92. The molecule has 0 radical (unpaired) electrons. The molecule has 0 aromatic heterocycles. The monoisotopic (exact) mass is 397 g/mol. The van der Waals surface area contributed by atoms with Crippen molar-refractivity contribution in [1.82, 2.24) is 5.32 Å². The highest BCUT2D eigenvalue weighted by molar-refractivity contribution is 6.18. The molecule has 4 rings (SSSR count). The van der Waals surface area contributed by atoms with Crippen LogP contribution in [0.5, 0.6) is 0 Å². The Labute approximate surface area is 175 Å². The van der Waals surface area contributed by atoms with Gasteiger partial charge in [-0.05, 0) is 45.7 Å². The zero-order valence-corrected chi connectivity index (χ0v) is 17.0. The Bertz CT molecular complexity index is 1190. The third-order valence-electron chi connectivity index (χ3n) is 5.47. The van der Waals surface area contributed by atoms with Gasteiger partial charge >= 0.3 is 5.97 Å². The van der Waals surface area contributed by atoms with E-state index in [1.807, 2.05) is 79.7 Å². The SMILES string of the molecule is COC(=O)[C@@H](Cc1ccccc1C)NC(=O)c1c2ccccc2cc2ccccc12. The van der Waals surface area contributed by atoms with Gasteiger partial charge in [0.1, 0.15) is 6.04 Å². The summed E-state index contributed by atoms with van der Waals surface area (Å²) in [4.78, 5) is 25.9. The minimum Gasteiger partial charge on any atom is -0.467 e. The van der Waals surface area contributed by atoms with Gasteiger partial charge < -0.3 is 10.1 Å². The van der Waals surface area contributed by atoms with E-state index in [4.69, 9.17) is 4.74 Å². The summed E-state index contributed by atoms with van der Waals surface area (Å²) in [6, 6.07) is 24.7. The van der Waals surface area contributed by atoms with Crippen molar-refractivity contribution >= 4 is 33.4 Å². The molecule has 0 heterocycles. The van der Waals surface area contributed by atoms with Crippen LogP contribution in [0.15, 0.2) is 78.9 Å². The minimum absolute atomic E-state index is 0.285. The summed E-state index contributed by atoms with van der Waals surface area (Å²) in [6.45, 7) is 1.99. The summed E-state index contributed by atoms with van der Waals surface area (Å²) in [5, 5.41) is 6.60. The molecule has 0 unspecified atom stereocenters. The van der Waals surface area contributed by atoms with E-state index in [9.17, 15) is 9.59 Å². The quantitative estimate of drug-likeness (QED) is 0.388. The van der Waals surface area contributed by atoms with Crippen LogP contribution < -0.4 is 5.32 Å². The molecular formula is C26H23NO3. The maximum atomic E-state index is 13.5. The van der Waals surface area contributed by atoms with Crippen LogP contribution in [0.4, 0.5) is 0 Å². The van der Waals surface area contributed by atoms with Crippen LogP contribution in [0, 0.1) is 6.92 Å². The van der Waals surface area contributed by atoms with Gasteiger partial charge in [-0.1, -0.05) is 72.8 Å². The fraction of sp³-hybridized carbons (Fsp3) is 0.154. The highest BCUT2D eigenvalue weighted by atomic mass is 16.5. The predicted octanol–water partition coefficient (Wildman–Crippen LogP) is 4.82. The highest BCUT2D eigenvalue weighted by Gasteiger charge is 2.25. The number of ether oxygens (including phenoxy) is 1. The second kappa shape index (κ2) is 8.37. The summed E-state index contributed by atoms with van der Waals surface area (Å²) in [7, 11) is 1.34. The molecule has 0 fully saturated rings. The van der Waals surface area contributed by atoms with Crippen molar-refractivity contribution in [3.05, 3.63) is 95.6 Å². The molecular weight excluding hydrogens is 374 g/mol. The van der Waals surface area contributed by atoms with Gasteiger partial charge in [-0.3, -0.25) is 4.79 Å². The summed E-state index contributed by atoms with van der Waals surface area (Å²) in [6.07, 6.45) is 0.369. The highest BCUT2D eigenvalue weighted by Crippen LogP contribution is 2.28. The third kappa shape index (κ3) is 3.77. The molecule has 150 valence electrons. The minimum atomic E-state index is -0.777. The molecule has 0 saturated carbocycles. The maximum Gasteiger partial charge on any atom is 0.328 e. The molecule has 4 aromatic carbocycles. The molecule has 4 nitrogen and oxygen atoms in total. The standard InChI is InChI=1S/C26H23NO3/c1-17-9-3-4-10-18(17)16-23(26(29)30-2)27-25(28)24-21-13-7-5-11-19(21)15-20-12-6-8-14-22(20)24/h3-15,23H,16H2,1-2H3,(H,27,28)/t23-/m1/s1. The summed E-state index contributed by atoms with van der Waals surface area (Å²) in [5.41, 5.74) is 2.63. The number of methoxy groups -OCH3 is 1. The average molecular weight is 397 g/mol. The molecule has 0 bridgehead atoms. The van der Waals surface area contributed by atoms with Crippen LogP contribution in [0.2, 0.25) is 0 Å². The first-order valence-corrected chi connectivity index (χ1v) is 9.92. The number of amides is 1. The lowest BCUT2D eigenvalue weighted by molar-refractivity contribution is -0.142. The van der Waals surface area contributed by atoms with Crippen LogP contribution in [0.1, 0.15) is 21.5 Å². The van der Waals surface area contributed by atoms with Crippen molar-refractivity contribution in [2.45, 2.75) is 19.4 Å². The summed E-state index contributed by atoms with van der Waals surface area (Å²) < 4.78 is 4.98. The van der Waals surface area contributed by atoms with Crippen LogP contribution in [0.25, 0.3) is 21.5 Å². The summed E-state index contributed by atoms with van der Waals surface area (Å²) >= 11 is 0. The number of carbonyl (C=O) groups is 2. The zero-order valence-electron chi connectivity index (χ0n) is 17.0. The van der Waals surface area contributed by atoms with Crippen molar-refractivity contribution in [1.29, 1.82) is 0 Å². The number of rotatable bonds is 5. The second-order valence-electron chi connectivity index (χ2n) is 7.37. The number of hydrogen-bond acceptors (Lipinski definition) is 3. The second-order valence-corrected chi connectivity index (χ2v) is 7.37. The molecule has 4 heteroatoms. The number of nitrogens with one attached hydrogen (secondary N) is 1. The van der Waals surface area contributed by atoms with E-state index in [2.05, 4.69) is 11.4 Å². The lowest BCUT2D eigenvalue weighted by Gasteiger charge is -2.19. The number of esters is 1. The van der Waals surface area contributed by atoms with E-state index in [0.29, 0.717) is 12.0 Å². The van der Waals surface area contributed by atoms with Gasteiger partial charge in [-0.15, -0.1) is 0 Å². The lowest BCUT2D eigenvalue weighted by atomic mass is 9.95. The number of carbonyl (C=O) groups excluding carboxylic acids is 2. The first-order chi connectivity index (χ1) is 14.6. The number of benzene rings is 4. The van der Waals surface area contributed by atoms with E-state index >= 15 is 0 Å². The molecule has 0 aliphatic heterocycles. The molecule has 1 amide bonds. The van der Waals surface area contributed by atoms with Crippen molar-refractivity contribution in [2.75, 3.05) is 7.11 Å². The van der Waals surface area contributed by atoms with Gasteiger partial charge in [-0.25, -0.2) is 4.79 Å². The fourth-order valence-electron chi connectivity index (χ4n) is 3.88. The van der Waals surface area contributed by atoms with Gasteiger partial charge in [-0.2, -0.15) is 0 Å². The molecule has 1 atom stereocenters. The van der Waals surface area contributed by atoms with Gasteiger partial charge in [0, 0.05) is 6.42 Å². The zero-order chi connectivity index (χ0) is 21.1. The number of fused-ring (bicyclic) bond motifs is 2. The Balaban J connectivity index is 1.76. The third-order valence-corrected chi connectivity index (χ3v) is 5.47. The molecule has 0 aliphatic rings. The van der Waals surface area contributed by atoms with Crippen LogP contribution in [-0.4, -0.2) is 25.0 Å². The molecule has 30 heavy (non-hydrogen) atoms. The molecule has 4 aromatic rings. The van der Waals surface area contributed by atoms with Gasteiger partial charge in [0.25, 0.3) is 5.91 Å². The molecule has 0 aliphatic carbocycles. The van der Waals surface area contributed by atoms with Crippen LogP contribution >= 0.6 is 0 Å². The largest absolute Gasteiger partial charge is 0.467 e. The Morgan fingerprint density at radius 1 is 0.867 bits per heavy atom.